The fraction of sp³-hybridized carbons (Fsp3) is 0.0833. The van der Waals surface area contributed by atoms with Gasteiger partial charge in [-0.25, -0.2) is 4.79 Å². The molecule has 0 aliphatic heterocycles. The van der Waals surface area contributed by atoms with Crippen LogP contribution in [0.4, 0.5) is 5.69 Å². The Balaban J connectivity index is 1.97. The zero-order chi connectivity index (χ0) is 13.8. The molecule has 19 heavy (non-hydrogen) atoms. The summed E-state index contributed by atoms with van der Waals surface area (Å²) in [6.07, 6.45) is 2.51. The Morgan fingerprint density at radius 2 is 2.00 bits per heavy atom. The predicted molar refractivity (Wildman–Crippen MR) is 72.0 cm³/mol. The summed E-state index contributed by atoms with van der Waals surface area (Å²) in [6.45, 7) is -0.0383. The number of carbonyl (C=O) groups is 2. The Bertz CT molecular complexity index is 607. The lowest BCUT2D eigenvalue weighted by Gasteiger charge is -2.05. The molecule has 0 saturated heterocycles. The SMILES string of the molecule is O=C(Cn1cc(C(=O)O)cn1)Nc1ccc(Br)cc1. The number of aromatic carboxylic acids is 1. The molecule has 0 unspecified atom stereocenters. The van der Waals surface area contributed by atoms with Gasteiger partial charge in [0.2, 0.25) is 5.91 Å². The quantitative estimate of drug-likeness (QED) is 0.901. The average molecular weight is 324 g/mol. The van der Waals surface area contributed by atoms with E-state index in [1.165, 1.54) is 17.1 Å². The van der Waals surface area contributed by atoms with Gasteiger partial charge in [0.15, 0.2) is 0 Å². The summed E-state index contributed by atoms with van der Waals surface area (Å²) in [5.74, 6) is -1.35. The van der Waals surface area contributed by atoms with Crippen LogP contribution in [0.2, 0.25) is 0 Å². The lowest BCUT2D eigenvalue weighted by Crippen LogP contribution is -2.18. The molecule has 1 amide bonds. The minimum atomic E-state index is -1.07. The van der Waals surface area contributed by atoms with E-state index < -0.39 is 5.97 Å². The summed E-state index contributed by atoms with van der Waals surface area (Å²) in [5, 5.41) is 15.2. The molecular weight excluding hydrogens is 314 g/mol. The molecule has 1 aromatic heterocycles. The van der Waals surface area contributed by atoms with Crippen LogP contribution >= 0.6 is 15.9 Å². The second-order valence-electron chi connectivity index (χ2n) is 3.79. The summed E-state index contributed by atoms with van der Waals surface area (Å²) >= 11 is 3.30. The van der Waals surface area contributed by atoms with Crippen molar-refractivity contribution in [3.8, 4) is 0 Å². The maximum atomic E-state index is 11.7. The Hall–Kier alpha value is -2.15. The molecule has 1 heterocycles. The first kappa shape index (κ1) is 13.3. The number of hydrogen-bond donors (Lipinski definition) is 2. The molecular formula is C12H10BrN3O3. The monoisotopic (exact) mass is 323 g/mol. The van der Waals surface area contributed by atoms with E-state index in [9.17, 15) is 9.59 Å². The number of hydrogen-bond acceptors (Lipinski definition) is 3. The minimum absolute atomic E-state index is 0.0383. The predicted octanol–water partition coefficient (Wildman–Crippen LogP) is 1.98. The molecule has 0 spiro atoms. The third-order valence-electron chi connectivity index (χ3n) is 2.31. The number of carboxylic acid groups (broad SMARTS) is 1. The number of rotatable bonds is 4. The van der Waals surface area contributed by atoms with Crippen LogP contribution in [0.5, 0.6) is 0 Å². The van der Waals surface area contributed by atoms with Crippen molar-refractivity contribution in [3.63, 3.8) is 0 Å². The van der Waals surface area contributed by atoms with E-state index >= 15 is 0 Å². The smallest absolute Gasteiger partial charge is 0.338 e. The van der Waals surface area contributed by atoms with Gasteiger partial charge in [-0.3, -0.25) is 9.48 Å². The molecule has 0 fully saturated rings. The Kier molecular flexibility index (Phi) is 3.96. The largest absolute Gasteiger partial charge is 0.478 e. The normalized spacial score (nSPS) is 10.2. The highest BCUT2D eigenvalue weighted by molar-refractivity contribution is 9.10. The second-order valence-corrected chi connectivity index (χ2v) is 4.70. The molecule has 0 aliphatic carbocycles. The average Bonchev–Trinajstić information content (AvgIpc) is 2.80. The zero-order valence-corrected chi connectivity index (χ0v) is 11.3. The number of amides is 1. The first-order valence-electron chi connectivity index (χ1n) is 5.36. The van der Waals surface area contributed by atoms with Crippen molar-refractivity contribution in [1.82, 2.24) is 9.78 Å². The highest BCUT2D eigenvalue weighted by atomic mass is 79.9. The van der Waals surface area contributed by atoms with Gasteiger partial charge >= 0.3 is 5.97 Å². The second kappa shape index (κ2) is 5.66. The highest BCUT2D eigenvalue weighted by Gasteiger charge is 2.09. The summed E-state index contributed by atoms with van der Waals surface area (Å²) in [7, 11) is 0. The van der Waals surface area contributed by atoms with E-state index in [0.29, 0.717) is 5.69 Å². The van der Waals surface area contributed by atoms with Crippen molar-refractivity contribution in [3.05, 3.63) is 46.7 Å². The number of nitrogens with zero attached hydrogens (tertiary/aromatic N) is 2. The molecule has 0 saturated carbocycles. The topological polar surface area (TPSA) is 84.2 Å². The van der Waals surface area contributed by atoms with E-state index in [2.05, 4.69) is 26.3 Å². The fourth-order valence-corrected chi connectivity index (χ4v) is 1.71. The van der Waals surface area contributed by atoms with Crippen molar-refractivity contribution in [2.75, 3.05) is 5.32 Å². The first-order chi connectivity index (χ1) is 9.04. The molecule has 7 heteroatoms. The number of anilines is 1. The van der Waals surface area contributed by atoms with Gasteiger partial charge in [-0.2, -0.15) is 5.10 Å². The third kappa shape index (κ3) is 3.65. The van der Waals surface area contributed by atoms with Crippen LogP contribution in [-0.4, -0.2) is 26.8 Å². The van der Waals surface area contributed by atoms with Crippen LogP contribution in [0.25, 0.3) is 0 Å². The van der Waals surface area contributed by atoms with E-state index in [1.807, 2.05) is 12.1 Å². The van der Waals surface area contributed by atoms with Crippen molar-refractivity contribution < 1.29 is 14.7 Å². The molecule has 0 aliphatic rings. The minimum Gasteiger partial charge on any atom is -0.478 e. The van der Waals surface area contributed by atoms with E-state index in [4.69, 9.17) is 5.11 Å². The summed E-state index contributed by atoms with van der Waals surface area (Å²) in [6, 6.07) is 7.14. The lowest BCUT2D eigenvalue weighted by atomic mass is 10.3. The molecule has 98 valence electrons. The van der Waals surface area contributed by atoms with Crippen LogP contribution in [0.3, 0.4) is 0 Å². The number of carbonyl (C=O) groups excluding carboxylic acids is 1. The summed E-state index contributed by atoms with van der Waals surface area (Å²) < 4.78 is 2.20. The number of carboxylic acids is 1. The highest BCUT2D eigenvalue weighted by Crippen LogP contribution is 2.14. The number of aromatic nitrogens is 2. The van der Waals surface area contributed by atoms with Crippen molar-refractivity contribution in [1.29, 1.82) is 0 Å². The van der Waals surface area contributed by atoms with Gasteiger partial charge in [-0.05, 0) is 24.3 Å². The van der Waals surface area contributed by atoms with Gasteiger partial charge in [0.05, 0.1) is 11.8 Å². The maximum Gasteiger partial charge on any atom is 0.338 e. The Morgan fingerprint density at radius 1 is 1.32 bits per heavy atom. The van der Waals surface area contributed by atoms with Gasteiger partial charge < -0.3 is 10.4 Å². The molecule has 2 rings (SSSR count). The molecule has 2 aromatic rings. The van der Waals surface area contributed by atoms with Crippen LogP contribution in [0.15, 0.2) is 41.1 Å². The van der Waals surface area contributed by atoms with E-state index in [1.54, 1.807) is 12.1 Å². The number of benzene rings is 1. The van der Waals surface area contributed by atoms with E-state index in [-0.39, 0.29) is 18.0 Å². The summed E-state index contributed by atoms with van der Waals surface area (Å²) in [5.41, 5.74) is 0.718. The number of nitrogens with one attached hydrogen (secondary N) is 1. The molecule has 0 bridgehead atoms. The summed E-state index contributed by atoms with van der Waals surface area (Å²) in [4.78, 5) is 22.4. The zero-order valence-electron chi connectivity index (χ0n) is 9.71. The first-order valence-corrected chi connectivity index (χ1v) is 6.15. The molecule has 6 nitrogen and oxygen atoms in total. The van der Waals surface area contributed by atoms with Crippen molar-refractivity contribution in [2.24, 2.45) is 0 Å². The van der Waals surface area contributed by atoms with Crippen LogP contribution in [0.1, 0.15) is 10.4 Å². The van der Waals surface area contributed by atoms with Crippen LogP contribution in [0, 0.1) is 0 Å². The number of halogens is 1. The Morgan fingerprint density at radius 3 is 2.58 bits per heavy atom. The fourth-order valence-electron chi connectivity index (χ4n) is 1.44. The van der Waals surface area contributed by atoms with Crippen molar-refractivity contribution >= 4 is 33.5 Å². The maximum absolute atomic E-state index is 11.7. The van der Waals surface area contributed by atoms with E-state index in [0.717, 1.165) is 4.47 Å². The molecule has 0 radical (unpaired) electrons. The van der Waals surface area contributed by atoms with Gasteiger partial charge in [0.1, 0.15) is 6.54 Å². The van der Waals surface area contributed by atoms with Crippen LogP contribution in [-0.2, 0) is 11.3 Å². The Labute approximate surface area is 117 Å². The van der Waals surface area contributed by atoms with Gasteiger partial charge in [-0.1, -0.05) is 15.9 Å². The molecule has 0 atom stereocenters. The van der Waals surface area contributed by atoms with Gasteiger partial charge in [0.25, 0.3) is 0 Å². The van der Waals surface area contributed by atoms with Crippen molar-refractivity contribution in [2.45, 2.75) is 6.54 Å². The van der Waals surface area contributed by atoms with Gasteiger partial charge in [-0.15, -0.1) is 0 Å². The van der Waals surface area contributed by atoms with Gasteiger partial charge in [0, 0.05) is 16.4 Å². The third-order valence-corrected chi connectivity index (χ3v) is 2.84. The standard InChI is InChI=1S/C12H10BrN3O3/c13-9-1-3-10(4-2-9)15-11(17)7-16-6-8(5-14-16)12(18)19/h1-6H,7H2,(H,15,17)(H,18,19). The lowest BCUT2D eigenvalue weighted by molar-refractivity contribution is -0.116. The molecule has 1 aromatic carbocycles. The van der Waals surface area contributed by atoms with Crippen LogP contribution < -0.4 is 5.32 Å². The molecule has 2 N–H and O–H groups in total.